The SMILES string of the molecule is CCC(C)(C)C1CCC2(CC1)NC(=O)N(Cc1nc(C3(N)CCC3)no1)C2=O. The highest BCUT2D eigenvalue weighted by Crippen LogP contribution is 2.45. The monoisotopic (exact) mass is 389 g/mol. The predicted molar refractivity (Wildman–Crippen MR) is 102 cm³/mol. The Morgan fingerprint density at radius 3 is 2.50 bits per heavy atom. The second-order valence-electron chi connectivity index (χ2n) is 9.54. The molecule has 0 unspecified atom stereocenters. The second-order valence-corrected chi connectivity index (χ2v) is 9.54. The fraction of sp³-hybridized carbons (Fsp3) is 0.800. The molecule has 1 saturated heterocycles. The largest absolute Gasteiger partial charge is 0.337 e. The summed E-state index contributed by atoms with van der Waals surface area (Å²) < 4.78 is 5.28. The lowest BCUT2D eigenvalue weighted by molar-refractivity contribution is -0.133. The minimum Gasteiger partial charge on any atom is -0.337 e. The lowest BCUT2D eigenvalue weighted by atomic mass is 9.65. The number of amides is 3. The first kappa shape index (κ1) is 19.4. The van der Waals surface area contributed by atoms with E-state index in [9.17, 15) is 9.59 Å². The number of hydrogen-bond acceptors (Lipinski definition) is 6. The highest BCUT2D eigenvalue weighted by Gasteiger charge is 2.53. The van der Waals surface area contributed by atoms with E-state index in [2.05, 4.69) is 36.2 Å². The van der Waals surface area contributed by atoms with Crippen molar-refractivity contribution in [3.63, 3.8) is 0 Å². The number of urea groups is 1. The highest BCUT2D eigenvalue weighted by atomic mass is 16.5. The lowest BCUT2D eigenvalue weighted by Crippen LogP contribution is -2.50. The van der Waals surface area contributed by atoms with Crippen LogP contribution in [0.25, 0.3) is 0 Å². The van der Waals surface area contributed by atoms with Crippen molar-refractivity contribution in [2.75, 3.05) is 0 Å². The summed E-state index contributed by atoms with van der Waals surface area (Å²) in [5, 5.41) is 6.93. The molecule has 0 aromatic carbocycles. The van der Waals surface area contributed by atoms with E-state index in [1.54, 1.807) is 0 Å². The van der Waals surface area contributed by atoms with Crippen LogP contribution >= 0.6 is 0 Å². The third-order valence-electron chi connectivity index (χ3n) is 7.55. The average molecular weight is 390 g/mol. The standard InChI is InChI=1S/C20H31N5O3/c1-4-18(2,3)13-6-10-20(11-7-13)16(26)25(17(27)23-20)12-14-22-15(24-28-14)19(21)8-5-9-19/h13H,4-12,21H2,1-3H3,(H,23,27). The molecular weight excluding hydrogens is 358 g/mol. The molecule has 1 aliphatic heterocycles. The Balaban J connectivity index is 1.44. The maximum absolute atomic E-state index is 13.1. The van der Waals surface area contributed by atoms with Crippen LogP contribution in [0.2, 0.25) is 0 Å². The van der Waals surface area contributed by atoms with Crippen LogP contribution in [0.1, 0.15) is 83.9 Å². The van der Waals surface area contributed by atoms with Gasteiger partial charge >= 0.3 is 6.03 Å². The number of nitrogens with zero attached hydrogens (tertiary/aromatic N) is 3. The van der Waals surface area contributed by atoms with E-state index >= 15 is 0 Å². The molecular formula is C20H31N5O3. The number of rotatable bonds is 5. The highest BCUT2D eigenvalue weighted by molar-refractivity contribution is 6.07. The van der Waals surface area contributed by atoms with E-state index in [0.717, 1.165) is 38.5 Å². The summed E-state index contributed by atoms with van der Waals surface area (Å²) in [6.45, 7) is 6.79. The van der Waals surface area contributed by atoms with E-state index in [1.807, 2.05) is 0 Å². The van der Waals surface area contributed by atoms with Gasteiger partial charge in [0.1, 0.15) is 12.1 Å². The number of carbonyl (C=O) groups is 2. The summed E-state index contributed by atoms with van der Waals surface area (Å²) in [7, 11) is 0. The Bertz CT molecular complexity index is 775. The molecule has 3 N–H and O–H groups in total. The average Bonchev–Trinajstić information content (AvgIpc) is 3.20. The van der Waals surface area contributed by atoms with Gasteiger partial charge in [-0.1, -0.05) is 32.3 Å². The number of imide groups is 1. The minimum atomic E-state index is -0.774. The number of nitrogens with two attached hydrogens (primary N) is 1. The van der Waals surface area contributed by atoms with Gasteiger partial charge in [0.25, 0.3) is 5.91 Å². The zero-order chi connectivity index (χ0) is 20.2. The summed E-state index contributed by atoms with van der Waals surface area (Å²) in [4.78, 5) is 31.2. The summed E-state index contributed by atoms with van der Waals surface area (Å²) in [6, 6.07) is -0.371. The molecule has 2 saturated carbocycles. The zero-order valence-electron chi connectivity index (χ0n) is 17.1. The van der Waals surface area contributed by atoms with Crippen LogP contribution in [0.15, 0.2) is 4.52 Å². The van der Waals surface area contributed by atoms with Gasteiger partial charge in [0, 0.05) is 0 Å². The smallest absolute Gasteiger partial charge is 0.325 e. The molecule has 1 spiro atoms. The molecule has 8 heteroatoms. The molecule has 2 heterocycles. The van der Waals surface area contributed by atoms with Gasteiger partial charge < -0.3 is 15.6 Å². The molecule has 0 atom stereocenters. The second kappa shape index (κ2) is 6.54. The molecule has 3 amide bonds. The van der Waals surface area contributed by atoms with Gasteiger partial charge in [-0.15, -0.1) is 0 Å². The van der Waals surface area contributed by atoms with E-state index < -0.39 is 11.1 Å². The molecule has 28 heavy (non-hydrogen) atoms. The Hall–Kier alpha value is -1.96. The lowest BCUT2D eigenvalue weighted by Gasteiger charge is -2.42. The summed E-state index contributed by atoms with van der Waals surface area (Å²) in [5.41, 5.74) is 5.19. The number of aromatic nitrogens is 2. The van der Waals surface area contributed by atoms with Gasteiger partial charge in [-0.3, -0.25) is 9.69 Å². The topological polar surface area (TPSA) is 114 Å². The van der Waals surface area contributed by atoms with Crippen molar-refractivity contribution in [1.29, 1.82) is 0 Å². The van der Waals surface area contributed by atoms with Crippen molar-refractivity contribution in [2.45, 2.75) is 89.8 Å². The molecule has 0 bridgehead atoms. The molecule has 1 aromatic rings. The number of nitrogens with one attached hydrogen (secondary N) is 1. The van der Waals surface area contributed by atoms with Gasteiger partial charge in [-0.2, -0.15) is 4.98 Å². The van der Waals surface area contributed by atoms with Crippen LogP contribution < -0.4 is 11.1 Å². The van der Waals surface area contributed by atoms with Crippen LogP contribution in [0.5, 0.6) is 0 Å². The molecule has 1 aromatic heterocycles. The maximum Gasteiger partial charge on any atom is 0.325 e. The molecule has 8 nitrogen and oxygen atoms in total. The van der Waals surface area contributed by atoms with E-state index in [1.165, 1.54) is 4.90 Å². The van der Waals surface area contributed by atoms with Crippen LogP contribution in [0.4, 0.5) is 4.79 Å². The molecule has 154 valence electrons. The van der Waals surface area contributed by atoms with Crippen molar-refractivity contribution in [2.24, 2.45) is 17.1 Å². The van der Waals surface area contributed by atoms with E-state index in [4.69, 9.17) is 10.3 Å². The summed E-state index contributed by atoms with van der Waals surface area (Å²) >= 11 is 0. The van der Waals surface area contributed by atoms with Crippen molar-refractivity contribution in [3.8, 4) is 0 Å². The molecule has 2 aliphatic carbocycles. The van der Waals surface area contributed by atoms with Crippen molar-refractivity contribution in [1.82, 2.24) is 20.4 Å². The first-order valence-electron chi connectivity index (χ1n) is 10.5. The van der Waals surface area contributed by atoms with Crippen molar-refractivity contribution in [3.05, 3.63) is 11.7 Å². The number of carbonyl (C=O) groups excluding carboxylic acids is 2. The maximum atomic E-state index is 13.1. The first-order valence-corrected chi connectivity index (χ1v) is 10.5. The van der Waals surface area contributed by atoms with Gasteiger partial charge in [-0.05, 0) is 56.3 Å². The van der Waals surface area contributed by atoms with Gasteiger partial charge in [0.2, 0.25) is 5.89 Å². The molecule has 3 fully saturated rings. The third kappa shape index (κ3) is 3.02. The van der Waals surface area contributed by atoms with Gasteiger partial charge in [-0.25, -0.2) is 4.79 Å². The first-order chi connectivity index (χ1) is 13.2. The van der Waals surface area contributed by atoms with Gasteiger partial charge in [0.05, 0.1) is 5.54 Å². The Kier molecular flexibility index (Phi) is 4.52. The zero-order valence-corrected chi connectivity index (χ0v) is 17.1. The molecule has 4 rings (SSSR count). The van der Waals surface area contributed by atoms with Crippen LogP contribution in [0.3, 0.4) is 0 Å². The molecule has 0 radical (unpaired) electrons. The van der Waals surface area contributed by atoms with Crippen molar-refractivity contribution >= 4 is 11.9 Å². The fourth-order valence-electron chi connectivity index (χ4n) is 4.78. The quantitative estimate of drug-likeness (QED) is 0.749. The predicted octanol–water partition coefficient (Wildman–Crippen LogP) is 2.82. The Labute approximate surface area is 165 Å². The van der Waals surface area contributed by atoms with Crippen LogP contribution in [-0.4, -0.2) is 32.5 Å². The van der Waals surface area contributed by atoms with Crippen LogP contribution in [-0.2, 0) is 16.9 Å². The Morgan fingerprint density at radius 1 is 1.25 bits per heavy atom. The van der Waals surface area contributed by atoms with E-state index in [-0.39, 0.29) is 29.8 Å². The Morgan fingerprint density at radius 2 is 1.93 bits per heavy atom. The molecule has 3 aliphatic rings. The summed E-state index contributed by atoms with van der Waals surface area (Å²) in [5.74, 6) is 1.13. The van der Waals surface area contributed by atoms with Crippen LogP contribution in [0, 0.1) is 11.3 Å². The van der Waals surface area contributed by atoms with Crippen molar-refractivity contribution < 1.29 is 14.1 Å². The number of hydrogen-bond donors (Lipinski definition) is 2. The van der Waals surface area contributed by atoms with E-state index in [0.29, 0.717) is 24.6 Å². The minimum absolute atomic E-state index is 0.000617. The normalized spacial score (nSPS) is 29.9. The summed E-state index contributed by atoms with van der Waals surface area (Å²) in [6.07, 6.45) is 7.07. The van der Waals surface area contributed by atoms with Gasteiger partial charge in [0.15, 0.2) is 5.82 Å². The third-order valence-corrected chi connectivity index (χ3v) is 7.55. The fourth-order valence-corrected chi connectivity index (χ4v) is 4.78.